The van der Waals surface area contributed by atoms with Crippen LogP contribution < -0.4 is 25.8 Å². The van der Waals surface area contributed by atoms with Crippen LogP contribution in [-0.2, 0) is 109 Å². The van der Waals surface area contributed by atoms with Crippen LogP contribution in [0.15, 0.2) is 83.9 Å². The van der Waals surface area contributed by atoms with Crippen molar-refractivity contribution in [2.75, 3.05) is 113 Å². The maximum Gasteiger partial charge on any atom is 0.307 e. The van der Waals surface area contributed by atoms with Gasteiger partial charge in [0.05, 0.1) is 96.5 Å². The number of benzene rings is 3. The number of ketones is 3. The molecule has 4 aromatic rings. The lowest BCUT2D eigenvalue weighted by Crippen LogP contribution is -2.47. The average Bonchev–Trinajstić information content (AvgIpc) is 1.53. The van der Waals surface area contributed by atoms with Crippen LogP contribution in [0.2, 0.25) is 0 Å². The van der Waals surface area contributed by atoms with Crippen molar-refractivity contribution >= 4 is 73.9 Å². The van der Waals surface area contributed by atoms with Crippen molar-refractivity contribution in [3.8, 4) is 5.75 Å². The standard InChI is InChI=1S/C64H88FN5O21S/c1-5-83-23-26-86-29-32-89-59(74)21-15-45(62(66)77)39-57(72)55(38-48-42-67-54-14-9-8-13-53(48)54)69-64(79)47(35-44-11-10-12-49(65)36-44)37-50(71)43-68-63(78)46(16-22-60(75)90-33-30-87-27-24-84-6-2)40-58(73)56(41-61(76)91-34-31-88-28-25-85-7-3)70-92(80,81)52-19-17-51(82-4)18-20-52/h8-14,17-20,36,42,45-47,55-56,67,70H,5-7,15-16,21-35,37-41,43H2,1-4H3,(H2,66,77)(H,68,78)(H,69,79)/t45-,46-,47-,55+,56-/m1/s1. The van der Waals surface area contributed by atoms with Gasteiger partial charge in [-0.05, 0) is 93.6 Å². The molecular weight excluding hydrogens is 1230 g/mol. The number of Topliss-reactive ketones (excluding diaryl/α,β-unsaturated/α-hetero) is 3. The van der Waals surface area contributed by atoms with E-state index in [9.17, 15) is 56.0 Å². The number of H-pyrrole nitrogens is 1. The molecule has 0 saturated carbocycles. The van der Waals surface area contributed by atoms with Gasteiger partial charge in [-0.1, -0.05) is 30.3 Å². The van der Waals surface area contributed by atoms with E-state index in [2.05, 4.69) is 20.3 Å². The third kappa shape index (κ3) is 29.8. The topological polar surface area (TPSA) is 358 Å². The molecule has 0 radical (unpaired) electrons. The van der Waals surface area contributed by atoms with Crippen LogP contribution in [0.3, 0.4) is 0 Å². The summed E-state index contributed by atoms with van der Waals surface area (Å²) in [6.45, 7) is 7.36. The van der Waals surface area contributed by atoms with E-state index in [-0.39, 0.29) is 102 Å². The van der Waals surface area contributed by atoms with E-state index in [1.165, 1.54) is 49.6 Å². The van der Waals surface area contributed by atoms with Gasteiger partial charge in [-0.2, -0.15) is 0 Å². The summed E-state index contributed by atoms with van der Waals surface area (Å²) in [4.78, 5) is 127. The van der Waals surface area contributed by atoms with Crippen LogP contribution in [0.5, 0.6) is 5.75 Å². The number of para-hydroxylation sites is 1. The number of esters is 3. The highest BCUT2D eigenvalue weighted by atomic mass is 32.2. The van der Waals surface area contributed by atoms with E-state index in [1.807, 2.05) is 13.8 Å². The molecule has 0 bridgehead atoms. The number of primary amides is 1. The van der Waals surface area contributed by atoms with Gasteiger partial charge in [0.1, 0.15) is 31.4 Å². The predicted molar refractivity (Wildman–Crippen MR) is 331 cm³/mol. The zero-order chi connectivity index (χ0) is 67.1. The molecule has 0 aliphatic rings. The number of carbonyl (C=O) groups excluding carboxylic acids is 9. The molecule has 508 valence electrons. The van der Waals surface area contributed by atoms with Crippen LogP contribution in [0.4, 0.5) is 4.39 Å². The van der Waals surface area contributed by atoms with Crippen LogP contribution in [0.25, 0.3) is 10.9 Å². The molecule has 3 aromatic carbocycles. The maximum atomic E-state index is 14.7. The van der Waals surface area contributed by atoms with Crippen molar-refractivity contribution in [1.82, 2.24) is 20.3 Å². The molecule has 1 aromatic heterocycles. The Kier molecular flexibility index (Phi) is 36.2. The monoisotopic (exact) mass is 1310 g/mol. The van der Waals surface area contributed by atoms with Crippen LogP contribution in [0.1, 0.15) is 83.3 Å². The molecule has 0 unspecified atom stereocenters. The van der Waals surface area contributed by atoms with Gasteiger partial charge in [-0.15, -0.1) is 0 Å². The molecule has 6 N–H and O–H groups in total. The van der Waals surface area contributed by atoms with Gasteiger partial charge in [0.25, 0.3) is 0 Å². The molecule has 0 spiro atoms. The number of halogens is 1. The summed E-state index contributed by atoms with van der Waals surface area (Å²) in [5.74, 6) is -11.8. The predicted octanol–water partition coefficient (Wildman–Crippen LogP) is 4.00. The van der Waals surface area contributed by atoms with Crippen molar-refractivity contribution < 1.29 is 103 Å². The van der Waals surface area contributed by atoms with Crippen molar-refractivity contribution in [3.05, 3.63) is 95.9 Å². The number of nitrogens with one attached hydrogen (secondary N) is 4. The third-order valence-corrected chi connectivity index (χ3v) is 15.7. The number of amides is 3. The molecular formula is C64H88FN5O21S. The fraction of sp³-hybridized carbons (Fsp3) is 0.547. The number of hydrogen-bond acceptors (Lipinski definition) is 21. The molecule has 92 heavy (non-hydrogen) atoms. The number of sulfonamides is 1. The van der Waals surface area contributed by atoms with Crippen molar-refractivity contribution in [3.63, 3.8) is 0 Å². The van der Waals surface area contributed by atoms with E-state index >= 15 is 0 Å². The van der Waals surface area contributed by atoms with Gasteiger partial charge in [-0.3, -0.25) is 43.2 Å². The number of nitrogens with two attached hydrogens (primary N) is 1. The molecule has 0 aliphatic heterocycles. The summed E-state index contributed by atoms with van der Waals surface area (Å²) in [6, 6.07) is 14.4. The van der Waals surface area contributed by atoms with Crippen molar-refractivity contribution in [2.24, 2.45) is 23.5 Å². The molecule has 0 fully saturated rings. The number of hydrogen-bond donors (Lipinski definition) is 5. The first kappa shape index (κ1) is 76.9. The van der Waals surface area contributed by atoms with E-state index in [1.54, 1.807) is 37.4 Å². The fourth-order valence-corrected chi connectivity index (χ4v) is 10.5. The second-order valence-electron chi connectivity index (χ2n) is 21.0. The quantitative estimate of drug-likeness (QED) is 0.0237. The molecule has 4 rings (SSSR count). The van der Waals surface area contributed by atoms with Crippen LogP contribution in [0, 0.1) is 23.6 Å². The fourth-order valence-electron chi connectivity index (χ4n) is 9.30. The van der Waals surface area contributed by atoms with Gasteiger partial charge in [0.15, 0.2) is 17.3 Å². The normalized spacial score (nSPS) is 13.1. The molecule has 3 amide bonds. The maximum absolute atomic E-state index is 14.7. The minimum atomic E-state index is -4.56. The molecule has 5 atom stereocenters. The summed E-state index contributed by atoms with van der Waals surface area (Å²) in [5.41, 5.74) is 7.37. The lowest BCUT2D eigenvalue weighted by atomic mass is 9.89. The first-order valence-corrected chi connectivity index (χ1v) is 32.1. The van der Waals surface area contributed by atoms with E-state index in [4.69, 9.17) is 53.1 Å². The Balaban J connectivity index is 1.58. The Bertz CT molecular complexity index is 3070. The van der Waals surface area contributed by atoms with E-state index in [0.717, 1.165) is 6.07 Å². The smallest absolute Gasteiger partial charge is 0.307 e. The Morgan fingerprint density at radius 3 is 1.66 bits per heavy atom. The zero-order valence-corrected chi connectivity index (χ0v) is 53.5. The molecule has 26 nitrogen and oxygen atoms in total. The highest BCUT2D eigenvalue weighted by molar-refractivity contribution is 7.89. The third-order valence-electron chi connectivity index (χ3n) is 14.2. The molecule has 28 heteroatoms. The molecule has 1 heterocycles. The number of fused-ring (bicyclic) bond motifs is 1. The number of methoxy groups -OCH3 is 1. The summed E-state index contributed by atoms with van der Waals surface area (Å²) >= 11 is 0. The van der Waals surface area contributed by atoms with Gasteiger partial charge in [0, 0.05) is 93.2 Å². The highest BCUT2D eigenvalue weighted by Crippen LogP contribution is 2.24. The summed E-state index contributed by atoms with van der Waals surface area (Å²) < 4.78 is 97.3. The lowest BCUT2D eigenvalue weighted by molar-refractivity contribution is -0.147. The number of aromatic nitrogens is 1. The Morgan fingerprint density at radius 1 is 0.565 bits per heavy atom. The second-order valence-corrected chi connectivity index (χ2v) is 22.7. The lowest BCUT2D eigenvalue weighted by Gasteiger charge is -2.24. The Morgan fingerprint density at radius 2 is 1.10 bits per heavy atom. The van der Waals surface area contributed by atoms with Gasteiger partial charge < -0.3 is 68.7 Å². The summed E-state index contributed by atoms with van der Waals surface area (Å²) in [6.07, 6.45) is -2.77. The summed E-state index contributed by atoms with van der Waals surface area (Å²) in [5, 5.41) is 5.96. The second kappa shape index (κ2) is 43.3. The van der Waals surface area contributed by atoms with Gasteiger partial charge in [-0.25, -0.2) is 17.5 Å². The van der Waals surface area contributed by atoms with Crippen molar-refractivity contribution in [2.45, 2.75) is 102 Å². The number of rotatable bonds is 51. The van der Waals surface area contributed by atoms with Gasteiger partial charge >= 0.3 is 17.9 Å². The van der Waals surface area contributed by atoms with Gasteiger partial charge in [0.2, 0.25) is 27.7 Å². The summed E-state index contributed by atoms with van der Waals surface area (Å²) in [7, 11) is -3.19. The highest BCUT2D eigenvalue weighted by Gasteiger charge is 2.35. The number of carbonyl (C=O) groups is 9. The van der Waals surface area contributed by atoms with Crippen LogP contribution in [-0.4, -0.2) is 191 Å². The Hall–Kier alpha value is -7.57. The molecule has 0 saturated heterocycles. The number of ether oxygens (including phenoxy) is 10. The molecule has 0 aliphatic carbocycles. The number of aromatic amines is 1. The first-order valence-electron chi connectivity index (χ1n) is 30.6. The zero-order valence-electron chi connectivity index (χ0n) is 52.7. The first-order chi connectivity index (χ1) is 44.3. The Labute approximate surface area is 535 Å². The van der Waals surface area contributed by atoms with Crippen molar-refractivity contribution in [1.29, 1.82) is 0 Å². The average molecular weight is 1310 g/mol. The van der Waals surface area contributed by atoms with E-state index < -0.39 is 137 Å². The van der Waals surface area contributed by atoms with Crippen LogP contribution >= 0.6 is 0 Å². The minimum Gasteiger partial charge on any atom is -0.497 e. The SMILES string of the molecule is CCOCCOCCOC(=O)CC[C@H](CC(=O)[C@H](Cc1c[nH]c2ccccc12)NC(=O)[C@@H](CC(=O)CNC(=O)[C@H](CCC(=O)OCCOCCOCC)CC(=O)[C@@H](CC(=O)OCCOCCOCC)NS(=O)(=O)c1ccc(OC)cc1)Cc1cccc(F)c1)C(N)=O. The van der Waals surface area contributed by atoms with E-state index in [0.29, 0.717) is 61.9 Å². The largest absolute Gasteiger partial charge is 0.497 e. The minimum absolute atomic E-state index is 0.0113.